The Hall–Kier alpha value is -0.800. The number of carbonyl (C=O) groups is 1. The van der Waals surface area contributed by atoms with Crippen molar-refractivity contribution in [1.29, 1.82) is 0 Å². The summed E-state index contributed by atoms with van der Waals surface area (Å²) in [5.74, 6) is 0. The molecule has 1 amide bonds. The number of aliphatic hydroxyl groups is 1. The largest absolute Gasteiger partial charge is 0.366 e. The highest BCUT2D eigenvalue weighted by Crippen LogP contribution is 2.45. The van der Waals surface area contributed by atoms with Crippen molar-refractivity contribution in [1.82, 2.24) is 4.90 Å². The van der Waals surface area contributed by atoms with Gasteiger partial charge in [-0.25, -0.2) is 13.6 Å². The molecule has 116 valence electrons. The van der Waals surface area contributed by atoms with Crippen molar-refractivity contribution in [2.24, 2.45) is 5.14 Å². The van der Waals surface area contributed by atoms with Crippen LogP contribution in [0.5, 0.6) is 0 Å². The van der Waals surface area contributed by atoms with Crippen LogP contribution < -0.4 is 5.14 Å². The van der Waals surface area contributed by atoms with Gasteiger partial charge in [-0.05, 0) is 26.0 Å². The normalized spacial score (nSPS) is 26.4. The van der Waals surface area contributed by atoms with Crippen molar-refractivity contribution in [3.63, 3.8) is 0 Å². The number of nitrogens with zero attached hydrogens (tertiary/aromatic N) is 1. The number of primary sulfonamides is 1. The van der Waals surface area contributed by atoms with Crippen molar-refractivity contribution in [3.8, 4) is 0 Å². The third-order valence-corrected chi connectivity index (χ3v) is 5.95. The maximum atomic E-state index is 11.9. The quantitative estimate of drug-likeness (QED) is 0.864. The summed E-state index contributed by atoms with van der Waals surface area (Å²) in [5, 5.41) is 15.3. The molecule has 1 saturated heterocycles. The minimum absolute atomic E-state index is 0.0301. The summed E-state index contributed by atoms with van der Waals surface area (Å²) in [5.41, 5.74) is -1.33. The molecule has 2 unspecified atom stereocenters. The Balaban J connectivity index is 2.63. The molecule has 21 heavy (non-hydrogen) atoms. The molecule has 1 aromatic carbocycles. The third kappa shape index (κ3) is 2.66. The van der Waals surface area contributed by atoms with Gasteiger partial charge in [0.2, 0.25) is 10.0 Å². The number of carbonyl (C=O) groups excluding carboxylic acids is 1. The van der Waals surface area contributed by atoms with E-state index in [0.717, 1.165) is 11.8 Å². The number of hydrogen-bond acceptors (Lipinski definition) is 5. The second-order valence-electron chi connectivity index (χ2n) is 4.69. The van der Waals surface area contributed by atoms with Gasteiger partial charge in [0, 0.05) is 12.1 Å². The molecule has 6 nitrogen and oxygen atoms in total. The maximum Gasteiger partial charge on any atom is 0.284 e. The summed E-state index contributed by atoms with van der Waals surface area (Å²) in [6.45, 7) is 3.72. The second kappa shape index (κ2) is 5.44. The van der Waals surface area contributed by atoms with Gasteiger partial charge in [-0.1, -0.05) is 29.4 Å². The van der Waals surface area contributed by atoms with Gasteiger partial charge in [0.05, 0.1) is 10.3 Å². The summed E-state index contributed by atoms with van der Waals surface area (Å²) in [6, 6.07) is 4.06. The first-order valence-electron chi connectivity index (χ1n) is 6.15. The van der Waals surface area contributed by atoms with Crippen molar-refractivity contribution >= 4 is 38.6 Å². The number of rotatable bonds is 3. The average molecular weight is 351 g/mol. The van der Waals surface area contributed by atoms with Crippen molar-refractivity contribution in [3.05, 3.63) is 28.8 Å². The van der Waals surface area contributed by atoms with Crippen LogP contribution in [0.15, 0.2) is 23.1 Å². The van der Waals surface area contributed by atoms with Crippen molar-refractivity contribution in [2.45, 2.75) is 29.7 Å². The number of sulfonamides is 1. The lowest BCUT2D eigenvalue weighted by Crippen LogP contribution is -2.47. The molecule has 0 aromatic heterocycles. The molecule has 2 atom stereocenters. The van der Waals surface area contributed by atoms with Crippen LogP contribution in [0, 0.1) is 0 Å². The predicted octanol–water partition coefficient (Wildman–Crippen LogP) is 1.71. The SMILES string of the molecule is CCN1C(=O)SC(C)C1(O)c1ccc(Cl)c(S(N)(=O)=O)c1. The summed E-state index contributed by atoms with van der Waals surface area (Å²) in [4.78, 5) is 12.9. The lowest BCUT2D eigenvalue weighted by molar-refractivity contribution is -0.0722. The van der Waals surface area contributed by atoms with Crippen molar-refractivity contribution < 1.29 is 18.3 Å². The Labute approximate surface area is 132 Å². The van der Waals surface area contributed by atoms with E-state index in [1.165, 1.54) is 23.1 Å². The molecular formula is C12H15ClN2O4S2. The zero-order chi connectivity index (χ0) is 16.0. The Morgan fingerprint density at radius 3 is 2.67 bits per heavy atom. The van der Waals surface area contributed by atoms with Crippen LogP contribution in [-0.2, 0) is 15.7 Å². The maximum absolute atomic E-state index is 11.9. The minimum Gasteiger partial charge on any atom is -0.366 e. The number of amides is 1. The van der Waals surface area contributed by atoms with Crippen LogP contribution in [-0.4, -0.2) is 35.5 Å². The summed E-state index contributed by atoms with van der Waals surface area (Å²) < 4.78 is 23.1. The molecule has 0 aliphatic carbocycles. The predicted molar refractivity (Wildman–Crippen MR) is 81.6 cm³/mol. The van der Waals surface area contributed by atoms with Gasteiger partial charge < -0.3 is 10.0 Å². The number of nitrogens with two attached hydrogens (primary N) is 1. The summed E-state index contributed by atoms with van der Waals surface area (Å²) in [7, 11) is -4.02. The highest BCUT2D eigenvalue weighted by Gasteiger charge is 2.51. The van der Waals surface area contributed by atoms with E-state index in [4.69, 9.17) is 16.7 Å². The summed E-state index contributed by atoms with van der Waals surface area (Å²) >= 11 is 6.84. The second-order valence-corrected chi connectivity index (χ2v) is 7.92. The molecule has 3 N–H and O–H groups in total. The highest BCUT2D eigenvalue weighted by atomic mass is 35.5. The van der Waals surface area contributed by atoms with Gasteiger partial charge in [-0.3, -0.25) is 4.79 Å². The fraction of sp³-hybridized carbons (Fsp3) is 0.417. The first-order valence-corrected chi connectivity index (χ1v) is 8.96. The molecule has 2 rings (SSSR count). The number of thioether (sulfide) groups is 1. The Morgan fingerprint density at radius 1 is 1.52 bits per heavy atom. The lowest BCUT2D eigenvalue weighted by Gasteiger charge is -2.35. The number of benzene rings is 1. The smallest absolute Gasteiger partial charge is 0.284 e. The lowest BCUT2D eigenvalue weighted by atomic mass is 9.98. The zero-order valence-corrected chi connectivity index (χ0v) is 13.8. The molecule has 0 saturated carbocycles. The van der Waals surface area contributed by atoms with Gasteiger partial charge in [-0.15, -0.1) is 0 Å². The van der Waals surface area contributed by atoms with E-state index in [1.807, 2.05) is 0 Å². The minimum atomic E-state index is -4.02. The van der Waals surface area contributed by atoms with E-state index in [1.54, 1.807) is 13.8 Å². The third-order valence-electron chi connectivity index (χ3n) is 3.46. The molecule has 1 aromatic rings. The van der Waals surface area contributed by atoms with E-state index < -0.39 is 21.0 Å². The highest BCUT2D eigenvalue weighted by molar-refractivity contribution is 8.14. The van der Waals surface area contributed by atoms with Crippen LogP contribution in [0.3, 0.4) is 0 Å². The number of hydrogen-bond donors (Lipinski definition) is 2. The molecular weight excluding hydrogens is 336 g/mol. The first-order chi connectivity index (χ1) is 9.62. The molecule has 0 bridgehead atoms. The van der Waals surface area contributed by atoms with Gasteiger partial charge in [0.1, 0.15) is 4.90 Å². The molecule has 1 aliphatic rings. The Kier molecular flexibility index (Phi) is 4.29. The molecule has 9 heteroatoms. The standard InChI is InChI=1S/C12H15ClN2O4S2/c1-3-15-11(16)20-7(2)12(15,17)8-4-5-9(13)10(6-8)21(14,18)19/h4-7,17H,3H2,1-2H3,(H2,14,18,19). The van der Waals surface area contributed by atoms with Crippen LogP contribution in [0.1, 0.15) is 19.4 Å². The van der Waals surface area contributed by atoms with E-state index in [9.17, 15) is 18.3 Å². The Bertz CT molecular complexity index is 694. The van der Waals surface area contributed by atoms with Gasteiger partial charge in [0.15, 0.2) is 5.72 Å². The van der Waals surface area contributed by atoms with E-state index in [2.05, 4.69) is 0 Å². The van der Waals surface area contributed by atoms with Gasteiger partial charge >= 0.3 is 0 Å². The van der Waals surface area contributed by atoms with Crippen LogP contribution in [0.25, 0.3) is 0 Å². The van der Waals surface area contributed by atoms with Crippen LogP contribution in [0.4, 0.5) is 4.79 Å². The van der Waals surface area contributed by atoms with E-state index in [0.29, 0.717) is 6.54 Å². The van der Waals surface area contributed by atoms with E-state index in [-0.39, 0.29) is 20.7 Å². The molecule has 1 fully saturated rings. The molecule has 0 spiro atoms. The number of halogens is 1. The monoisotopic (exact) mass is 350 g/mol. The van der Waals surface area contributed by atoms with Gasteiger partial charge in [-0.2, -0.15) is 0 Å². The molecule has 1 aliphatic heterocycles. The van der Waals surface area contributed by atoms with E-state index >= 15 is 0 Å². The zero-order valence-electron chi connectivity index (χ0n) is 11.4. The molecule has 1 heterocycles. The van der Waals surface area contributed by atoms with Crippen LogP contribution in [0.2, 0.25) is 5.02 Å². The van der Waals surface area contributed by atoms with Gasteiger partial charge in [0.25, 0.3) is 5.24 Å². The first kappa shape index (κ1) is 16.6. The fourth-order valence-corrected chi connectivity index (χ4v) is 4.56. The van der Waals surface area contributed by atoms with Crippen molar-refractivity contribution in [2.75, 3.05) is 6.54 Å². The molecule has 0 radical (unpaired) electrons. The fourth-order valence-electron chi connectivity index (χ4n) is 2.37. The summed E-state index contributed by atoms with van der Waals surface area (Å²) in [6.07, 6.45) is 0. The Morgan fingerprint density at radius 2 is 2.14 bits per heavy atom. The average Bonchev–Trinajstić information content (AvgIpc) is 2.59. The van der Waals surface area contributed by atoms with Crippen LogP contribution >= 0.6 is 23.4 Å². The topological polar surface area (TPSA) is 101 Å².